The topological polar surface area (TPSA) is 50.4 Å². The highest BCUT2D eigenvalue weighted by Crippen LogP contribution is 2.34. The van der Waals surface area contributed by atoms with Gasteiger partial charge in [-0.1, -0.05) is 13.3 Å². The van der Waals surface area contributed by atoms with Crippen molar-refractivity contribution in [2.75, 3.05) is 13.2 Å². The molecular weight excluding hydrogens is 240 g/mol. The minimum Gasteiger partial charge on any atom is -0.375 e. The minimum absolute atomic E-state index is 0. The van der Waals surface area contributed by atoms with Gasteiger partial charge in [0.25, 0.3) is 0 Å². The van der Waals surface area contributed by atoms with Gasteiger partial charge in [-0.3, -0.25) is 4.79 Å². The Bertz CT molecular complexity index is 263. The molecule has 1 saturated heterocycles. The molecule has 2 rings (SSSR count). The van der Waals surface area contributed by atoms with Gasteiger partial charge < -0.3 is 15.4 Å². The predicted octanol–water partition coefficient (Wildman–Crippen LogP) is 1.09. The number of hydrogen-bond donors (Lipinski definition) is 2. The Labute approximate surface area is 109 Å². The third-order valence-corrected chi connectivity index (χ3v) is 3.51. The van der Waals surface area contributed by atoms with Gasteiger partial charge in [0, 0.05) is 12.6 Å². The predicted molar refractivity (Wildman–Crippen MR) is 69.4 cm³/mol. The lowest BCUT2D eigenvalue weighted by molar-refractivity contribution is -0.129. The highest BCUT2D eigenvalue weighted by molar-refractivity contribution is 5.85. The number of ether oxygens (including phenoxy) is 1. The molecule has 100 valence electrons. The van der Waals surface area contributed by atoms with Crippen molar-refractivity contribution in [1.29, 1.82) is 0 Å². The van der Waals surface area contributed by atoms with E-state index in [2.05, 4.69) is 17.6 Å². The molecule has 2 aliphatic rings. The maximum Gasteiger partial charge on any atom is 0.240 e. The van der Waals surface area contributed by atoms with Gasteiger partial charge in [0.2, 0.25) is 5.91 Å². The van der Waals surface area contributed by atoms with E-state index in [0.717, 1.165) is 13.0 Å². The Morgan fingerprint density at radius 2 is 2.29 bits per heavy atom. The molecule has 5 heteroatoms. The Morgan fingerprint density at radius 1 is 1.53 bits per heavy atom. The Morgan fingerprint density at radius 3 is 2.94 bits per heavy atom. The van der Waals surface area contributed by atoms with Crippen LogP contribution in [0.2, 0.25) is 0 Å². The number of nitrogens with one attached hydrogen (secondary N) is 2. The Balaban J connectivity index is 0.00000144. The molecule has 2 unspecified atom stereocenters. The molecule has 1 aliphatic carbocycles. The molecular formula is C12H23ClN2O2. The van der Waals surface area contributed by atoms with Crippen molar-refractivity contribution in [3.8, 4) is 0 Å². The second-order valence-electron chi connectivity index (χ2n) is 4.91. The minimum atomic E-state index is -0.170. The summed E-state index contributed by atoms with van der Waals surface area (Å²) in [6.07, 6.45) is 3.58. The normalized spacial score (nSPS) is 35.9. The number of amides is 1. The third-order valence-electron chi connectivity index (χ3n) is 3.51. The van der Waals surface area contributed by atoms with Crippen molar-refractivity contribution < 1.29 is 9.53 Å². The van der Waals surface area contributed by atoms with Gasteiger partial charge in [0.05, 0.1) is 12.7 Å². The fourth-order valence-electron chi connectivity index (χ4n) is 2.41. The van der Waals surface area contributed by atoms with Crippen molar-refractivity contribution in [2.45, 2.75) is 51.3 Å². The van der Waals surface area contributed by atoms with Crippen LogP contribution in [-0.4, -0.2) is 37.2 Å². The largest absolute Gasteiger partial charge is 0.375 e. The third kappa shape index (κ3) is 3.83. The van der Waals surface area contributed by atoms with Crippen LogP contribution < -0.4 is 10.6 Å². The Kier molecular flexibility index (Phi) is 5.70. The molecule has 0 aromatic rings. The van der Waals surface area contributed by atoms with E-state index in [0.29, 0.717) is 18.6 Å². The van der Waals surface area contributed by atoms with Crippen LogP contribution in [0.25, 0.3) is 0 Å². The van der Waals surface area contributed by atoms with E-state index in [1.165, 1.54) is 12.8 Å². The summed E-state index contributed by atoms with van der Waals surface area (Å²) in [6, 6.07) is 0.250. The first-order valence-corrected chi connectivity index (χ1v) is 6.37. The smallest absolute Gasteiger partial charge is 0.240 e. The van der Waals surface area contributed by atoms with Crippen molar-refractivity contribution in [3.05, 3.63) is 0 Å². The highest BCUT2D eigenvalue weighted by Gasteiger charge is 2.39. The number of halogens is 1. The monoisotopic (exact) mass is 262 g/mol. The fraction of sp³-hybridized carbons (Fsp3) is 0.917. The molecule has 0 spiro atoms. The number of hydrogen-bond acceptors (Lipinski definition) is 3. The summed E-state index contributed by atoms with van der Waals surface area (Å²) >= 11 is 0. The first kappa shape index (κ1) is 14.7. The first-order valence-electron chi connectivity index (χ1n) is 6.37. The summed E-state index contributed by atoms with van der Waals surface area (Å²) in [5, 5.41) is 6.32. The van der Waals surface area contributed by atoms with E-state index < -0.39 is 0 Å². The van der Waals surface area contributed by atoms with Crippen molar-refractivity contribution >= 4 is 18.3 Å². The molecule has 1 amide bonds. The summed E-state index contributed by atoms with van der Waals surface area (Å²) < 4.78 is 5.46. The SMILES string of the molecule is CCCC1CC1NC(=O)[C@H]1NCCO[C@@H]1C.Cl. The van der Waals surface area contributed by atoms with Crippen LogP contribution in [0.3, 0.4) is 0 Å². The van der Waals surface area contributed by atoms with Gasteiger partial charge in [-0.05, 0) is 25.7 Å². The molecule has 0 aromatic carbocycles. The van der Waals surface area contributed by atoms with Crippen LogP contribution in [0.15, 0.2) is 0 Å². The fourth-order valence-corrected chi connectivity index (χ4v) is 2.41. The van der Waals surface area contributed by atoms with Crippen LogP contribution in [-0.2, 0) is 9.53 Å². The highest BCUT2D eigenvalue weighted by atomic mass is 35.5. The number of morpholine rings is 1. The van der Waals surface area contributed by atoms with E-state index in [4.69, 9.17) is 4.74 Å². The quantitative estimate of drug-likeness (QED) is 0.798. The molecule has 4 nitrogen and oxygen atoms in total. The summed E-state index contributed by atoms with van der Waals surface area (Å²) in [4.78, 5) is 12.0. The van der Waals surface area contributed by atoms with Gasteiger partial charge in [-0.15, -0.1) is 12.4 Å². The maximum absolute atomic E-state index is 12.0. The van der Waals surface area contributed by atoms with Crippen LogP contribution >= 0.6 is 12.4 Å². The van der Waals surface area contributed by atoms with Crippen LogP contribution in [0, 0.1) is 5.92 Å². The molecule has 2 fully saturated rings. The van der Waals surface area contributed by atoms with E-state index in [-0.39, 0.29) is 30.5 Å². The average Bonchev–Trinajstić information content (AvgIpc) is 2.97. The molecule has 0 radical (unpaired) electrons. The summed E-state index contributed by atoms with van der Waals surface area (Å²) in [7, 11) is 0. The van der Waals surface area contributed by atoms with Crippen LogP contribution in [0.1, 0.15) is 33.1 Å². The summed E-state index contributed by atoms with van der Waals surface area (Å²) in [5.74, 6) is 0.824. The molecule has 4 atom stereocenters. The van der Waals surface area contributed by atoms with Gasteiger partial charge in [0.1, 0.15) is 6.04 Å². The summed E-state index contributed by atoms with van der Waals surface area (Å²) in [5.41, 5.74) is 0. The van der Waals surface area contributed by atoms with E-state index in [1.807, 2.05) is 6.92 Å². The molecule has 0 aromatic heterocycles. The molecule has 1 aliphatic heterocycles. The molecule has 2 N–H and O–H groups in total. The van der Waals surface area contributed by atoms with Gasteiger partial charge in [-0.25, -0.2) is 0 Å². The van der Waals surface area contributed by atoms with Gasteiger partial charge >= 0.3 is 0 Å². The number of rotatable bonds is 4. The van der Waals surface area contributed by atoms with Crippen molar-refractivity contribution in [2.24, 2.45) is 5.92 Å². The summed E-state index contributed by atoms with van der Waals surface area (Å²) in [6.45, 7) is 5.61. The zero-order valence-corrected chi connectivity index (χ0v) is 11.4. The lowest BCUT2D eigenvalue weighted by Crippen LogP contribution is -2.55. The van der Waals surface area contributed by atoms with Gasteiger partial charge in [0.15, 0.2) is 0 Å². The van der Waals surface area contributed by atoms with Crippen LogP contribution in [0.5, 0.6) is 0 Å². The Hall–Kier alpha value is -0.320. The van der Waals surface area contributed by atoms with Gasteiger partial charge in [-0.2, -0.15) is 0 Å². The van der Waals surface area contributed by atoms with E-state index >= 15 is 0 Å². The standard InChI is InChI=1S/C12H22N2O2.ClH/c1-3-4-9-7-10(9)14-12(15)11-8(2)16-6-5-13-11;/h8-11,13H,3-7H2,1-2H3,(H,14,15);1H/t8-,9?,10?,11+;/m1./s1. The second kappa shape index (κ2) is 6.57. The first-order chi connectivity index (χ1) is 7.72. The van der Waals surface area contributed by atoms with Crippen molar-refractivity contribution in [1.82, 2.24) is 10.6 Å². The average molecular weight is 263 g/mol. The lowest BCUT2D eigenvalue weighted by atomic mass is 10.1. The lowest BCUT2D eigenvalue weighted by Gasteiger charge is -2.29. The zero-order chi connectivity index (χ0) is 11.5. The molecule has 1 heterocycles. The van der Waals surface area contributed by atoms with Crippen molar-refractivity contribution in [3.63, 3.8) is 0 Å². The number of carbonyl (C=O) groups is 1. The van der Waals surface area contributed by atoms with E-state index in [1.54, 1.807) is 0 Å². The molecule has 0 bridgehead atoms. The second-order valence-corrected chi connectivity index (χ2v) is 4.91. The zero-order valence-electron chi connectivity index (χ0n) is 10.6. The van der Waals surface area contributed by atoms with Crippen LogP contribution in [0.4, 0.5) is 0 Å². The maximum atomic E-state index is 12.0. The van der Waals surface area contributed by atoms with E-state index in [9.17, 15) is 4.79 Å². The number of carbonyl (C=O) groups excluding carboxylic acids is 1. The molecule has 1 saturated carbocycles. The molecule has 17 heavy (non-hydrogen) atoms.